The van der Waals surface area contributed by atoms with Crippen LogP contribution in [0.3, 0.4) is 0 Å². The Hall–Kier alpha value is -3.35. The van der Waals surface area contributed by atoms with Gasteiger partial charge in [-0.25, -0.2) is 4.79 Å². The molecule has 0 saturated carbocycles. The van der Waals surface area contributed by atoms with Crippen molar-refractivity contribution in [1.29, 1.82) is 0 Å². The van der Waals surface area contributed by atoms with Crippen molar-refractivity contribution in [3.05, 3.63) is 59.7 Å². The summed E-state index contributed by atoms with van der Waals surface area (Å²) in [5, 5.41) is 2.71. The number of para-hydroxylation sites is 1. The van der Waals surface area contributed by atoms with Crippen LogP contribution in [-0.4, -0.2) is 50.0 Å². The molecule has 2 aromatic rings. The van der Waals surface area contributed by atoms with Crippen LogP contribution in [0, 0.1) is 0 Å². The summed E-state index contributed by atoms with van der Waals surface area (Å²) in [5.74, 6) is -0.120. The van der Waals surface area contributed by atoms with Crippen LogP contribution in [0.15, 0.2) is 48.5 Å². The van der Waals surface area contributed by atoms with E-state index >= 15 is 0 Å². The number of carbonyl (C=O) groups excluding carboxylic acids is 3. The van der Waals surface area contributed by atoms with Gasteiger partial charge >= 0.3 is 5.97 Å². The quantitative estimate of drug-likeness (QED) is 0.657. The molecule has 154 valence electrons. The summed E-state index contributed by atoms with van der Waals surface area (Å²) >= 11 is 0. The molecule has 0 saturated heterocycles. The molecule has 1 N–H and O–H groups in total. The number of amides is 2. The Morgan fingerprint density at radius 2 is 1.66 bits per heavy atom. The zero-order valence-corrected chi connectivity index (χ0v) is 16.9. The van der Waals surface area contributed by atoms with E-state index in [0.717, 1.165) is 11.3 Å². The lowest BCUT2D eigenvalue weighted by molar-refractivity contribution is -0.129. The normalized spacial score (nSPS) is 10.2. The Balaban J connectivity index is 1.90. The van der Waals surface area contributed by atoms with Crippen LogP contribution < -0.4 is 10.1 Å². The topological polar surface area (TPSA) is 84.9 Å². The van der Waals surface area contributed by atoms with Crippen molar-refractivity contribution in [2.24, 2.45) is 0 Å². The Morgan fingerprint density at radius 3 is 2.28 bits per heavy atom. The van der Waals surface area contributed by atoms with Crippen LogP contribution >= 0.6 is 0 Å². The molecule has 7 nitrogen and oxygen atoms in total. The van der Waals surface area contributed by atoms with Gasteiger partial charge in [-0.1, -0.05) is 24.3 Å². The molecule has 0 heterocycles. The number of methoxy groups -OCH3 is 2. The number of nitrogens with zero attached hydrogens (tertiary/aromatic N) is 1. The van der Waals surface area contributed by atoms with E-state index in [-0.39, 0.29) is 30.3 Å². The monoisotopic (exact) mass is 398 g/mol. The molecule has 7 heteroatoms. The minimum Gasteiger partial charge on any atom is -0.497 e. The highest BCUT2D eigenvalue weighted by atomic mass is 16.5. The Morgan fingerprint density at radius 1 is 0.966 bits per heavy atom. The van der Waals surface area contributed by atoms with E-state index in [9.17, 15) is 14.4 Å². The molecule has 0 fully saturated rings. The number of hydrogen-bond acceptors (Lipinski definition) is 5. The second-order valence-corrected chi connectivity index (χ2v) is 6.44. The number of rotatable bonds is 9. The van der Waals surface area contributed by atoms with Gasteiger partial charge in [0.1, 0.15) is 5.75 Å². The fourth-order valence-corrected chi connectivity index (χ4v) is 2.81. The van der Waals surface area contributed by atoms with Gasteiger partial charge in [-0.15, -0.1) is 0 Å². The van der Waals surface area contributed by atoms with Gasteiger partial charge in [0.15, 0.2) is 0 Å². The van der Waals surface area contributed by atoms with Gasteiger partial charge in [-0.05, 0) is 36.2 Å². The average Bonchev–Trinajstić information content (AvgIpc) is 2.73. The lowest BCUT2D eigenvalue weighted by atomic mass is 10.1. The molecule has 0 aliphatic heterocycles. The van der Waals surface area contributed by atoms with Crippen molar-refractivity contribution in [3.8, 4) is 5.75 Å². The molecule has 2 aromatic carbocycles. The Labute approximate surface area is 170 Å². The number of hydrogen-bond donors (Lipinski definition) is 1. The van der Waals surface area contributed by atoms with Gasteiger partial charge in [0.05, 0.1) is 25.5 Å². The first kappa shape index (κ1) is 21.9. The molecule has 0 aliphatic rings. The maximum Gasteiger partial charge on any atom is 0.339 e. The number of nitrogens with one attached hydrogen (secondary N) is 1. The van der Waals surface area contributed by atoms with E-state index in [1.807, 2.05) is 24.3 Å². The highest BCUT2D eigenvalue weighted by Gasteiger charge is 2.15. The van der Waals surface area contributed by atoms with E-state index in [1.165, 1.54) is 14.0 Å². The molecule has 0 unspecified atom stereocenters. The lowest BCUT2D eigenvalue weighted by Crippen LogP contribution is -2.33. The van der Waals surface area contributed by atoms with Crippen LogP contribution in [0.1, 0.15) is 29.3 Å². The van der Waals surface area contributed by atoms with Crippen molar-refractivity contribution in [2.45, 2.75) is 19.8 Å². The third-order valence-corrected chi connectivity index (χ3v) is 4.49. The summed E-state index contributed by atoms with van der Waals surface area (Å²) in [5.41, 5.74) is 1.75. The zero-order valence-electron chi connectivity index (χ0n) is 16.9. The number of benzene rings is 2. The molecule has 2 amide bonds. The van der Waals surface area contributed by atoms with Gasteiger partial charge in [-0.2, -0.15) is 0 Å². The molecule has 2 rings (SSSR count). The third-order valence-electron chi connectivity index (χ3n) is 4.49. The largest absolute Gasteiger partial charge is 0.497 e. The molecule has 0 bridgehead atoms. The van der Waals surface area contributed by atoms with E-state index in [2.05, 4.69) is 5.32 Å². The Bertz CT molecular complexity index is 849. The summed E-state index contributed by atoms with van der Waals surface area (Å²) in [7, 11) is 2.90. The van der Waals surface area contributed by atoms with Crippen molar-refractivity contribution in [3.63, 3.8) is 0 Å². The number of esters is 1. The summed E-state index contributed by atoms with van der Waals surface area (Å²) in [4.78, 5) is 37.7. The molecular weight excluding hydrogens is 372 g/mol. The first-order valence-corrected chi connectivity index (χ1v) is 9.30. The van der Waals surface area contributed by atoms with Crippen LogP contribution in [0.5, 0.6) is 5.75 Å². The minimum atomic E-state index is -0.522. The summed E-state index contributed by atoms with van der Waals surface area (Å²) in [6.07, 6.45) is 0.800. The van der Waals surface area contributed by atoms with Crippen molar-refractivity contribution in [1.82, 2.24) is 4.90 Å². The van der Waals surface area contributed by atoms with Crippen LogP contribution in [0.25, 0.3) is 0 Å². The van der Waals surface area contributed by atoms with Crippen LogP contribution in [0.4, 0.5) is 5.69 Å². The number of carbonyl (C=O) groups is 3. The molecule has 0 aromatic heterocycles. The second-order valence-electron chi connectivity index (χ2n) is 6.44. The first-order chi connectivity index (χ1) is 13.9. The van der Waals surface area contributed by atoms with Crippen LogP contribution in [-0.2, 0) is 20.7 Å². The fraction of sp³-hybridized carbons (Fsp3) is 0.318. The predicted molar refractivity (Wildman–Crippen MR) is 110 cm³/mol. The minimum absolute atomic E-state index is 0.0960. The zero-order chi connectivity index (χ0) is 21.2. The van der Waals surface area contributed by atoms with Gasteiger partial charge in [0.2, 0.25) is 11.8 Å². The number of anilines is 1. The van der Waals surface area contributed by atoms with Gasteiger partial charge in [-0.3, -0.25) is 9.59 Å². The summed E-state index contributed by atoms with van der Waals surface area (Å²) < 4.78 is 9.86. The van der Waals surface area contributed by atoms with Crippen molar-refractivity contribution < 1.29 is 23.9 Å². The Kier molecular flexibility index (Phi) is 8.21. The van der Waals surface area contributed by atoms with Gasteiger partial charge < -0.3 is 19.7 Å². The molecule has 0 atom stereocenters. The second kappa shape index (κ2) is 10.8. The van der Waals surface area contributed by atoms with Gasteiger partial charge in [0, 0.05) is 26.4 Å². The highest BCUT2D eigenvalue weighted by molar-refractivity contribution is 6.01. The maximum absolute atomic E-state index is 12.3. The molecule has 0 spiro atoms. The standard InChI is InChI=1S/C22H26N2O5/c1-16(25)24(14-12-17-8-10-18(28-2)11-9-17)15-13-21(26)23-20-7-5-4-6-19(20)22(27)29-3/h4-11H,12-15H2,1-3H3,(H,23,26). The summed E-state index contributed by atoms with van der Waals surface area (Å²) in [6.45, 7) is 2.28. The number of ether oxygens (including phenoxy) is 2. The molecule has 0 radical (unpaired) electrons. The molecular formula is C22H26N2O5. The van der Waals surface area contributed by atoms with Crippen molar-refractivity contribution >= 4 is 23.5 Å². The van der Waals surface area contributed by atoms with Crippen molar-refractivity contribution in [2.75, 3.05) is 32.6 Å². The predicted octanol–water partition coefficient (Wildman–Crippen LogP) is 2.90. The molecule has 29 heavy (non-hydrogen) atoms. The average molecular weight is 398 g/mol. The molecule has 0 aliphatic carbocycles. The fourth-order valence-electron chi connectivity index (χ4n) is 2.81. The third kappa shape index (κ3) is 6.64. The first-order valence-electron chi connectivity index (χ1n) is 9.30. The van der Waals surface area contributed by atoms with E-state index in [0.29, 0.717) is 18.7 Å². The van der Waals surface area contributed by atoms with Gasteiger partial charge in [0.25, 0.3) is 0 Å². The van der Waals surface area contributed by atoms with E-state index < -0.39 is 5.97 Å². The lowest BCUT2D eigenvalue weighted by Gasteiger charge is -2.21. The van der Waals surface area contributed by atoms with Crippen LogP contribution in [0.2, 0.25) is 0 Å². The summed E-state index contributed by atoms with van der Waals surface area (Å²) in [6, 6.07) is 14.3. The van der Waals surface area contributed by atoms with E-state index in [1.54, 1.807) is 36.3 Å². The highest BCUT2D eigenvalue weighted by Crippen LogP contribution is 2.16. The SMILES string of the molecule is COC(=O)c1ccccc1NC(=O)CCN(CCc1ccc(OC)cc1)C(C)=O. The smallest absolute Gasteiger partial charge is 0.339 e. The maximum atomic E-state index is 12.3. The van der Waals surface area contributed by atoms with E-state index in [4.69, 9.17) is 9.47 Å².